The summed E-state index contributed by atoms with van der Waals surface area (Å²) in [5.74, 6) is 1.14. The minimum Gasteiger partial charge on any atom is -0.354 e. The van der Waals surface area contributed by atoms with Crippen LogP contribution in [0, 0.1) is 11.7 Å². The standard InChI is InChI=1S/C13H18ClFN2/c1-10-3-2-7-17(8-5-10)13-12(15)11(9-14)4-6-16-13/h4,6,10H,2-3,5,7-9H2,1H3. The summed E-state index contributed by atoms with van der Waals surface area (Å²) in [4.78, 5) is 6.22. The van der Waals surface area contributed by atoms with E-state index in [2.05, 4.69) is 16.8 Å². The Labute approximate surface area is 107 Å². The molecule has 2 rings (SSSR count). The Kier molecular flexibility index (Phi) is 4.21. The number of hydrogen-bond acceptors (Lipinski definition) is 2. The number of anilines is 1. The first kappa shape index (κ1) is 12.6. The van der Waals surface area contributed by atoms with Crippen LogP contribution >= 0.6 is 11.6 Å². The van der Waals surface area contributed by atoms with Gasteiger partial charge in [-0.1, -0.05) is 6.92 Å². The summed E-state index contributed by atoms with van der Waals surface area (Å²) in [6, 6.07) is 1.65. The third kappa shape index (κ3) is 2.89. The van der Waals surface area contributed by atoms with Crippen molar-refractivity contribution in [3.05, 3.63) is 23.6 Å². The maximum absolute atomic E-state index is 14.1. The Morgan fingerprint density at radius 3 is 3.06 bits per heavy atom. The molecule has 0 bridgehead atoms. The fraction of sp³-hybridized carbons (Fsp3) is 0.615. The topological polar surface area (TPSA) is 16.1 Å². The molecule has 17 heavy (non-hydrogen) atoms. The van der Waals surface area contributed by atoms with Crippen molar-refractivity contribution in [3.8, 4) is 0 Å². The monoisotopic (exact) mass is 256 g/mol. The van der Waals surface area contributed by atoms with Gasteiger partial charge in [0.1, 0.15) is 0 Å². The van der Waals surface area contributed by atoms with Crippen molar-refractivity contribution in [2.45, 2.75) is 32.1 Å². The molecule has 0 aromatic carbocycles. The zero-order chi connectivity index (χ0) is 12.3. The van der Waals surface area contributed by atoms with Gasteiger partial charge in [-0.15, -0.1) is 11.6 Å². The van der Waals surface area contributed by atoms with Crippen LogP contribution in [0.1, 0.15) is 31.7 Å². The van der Waals surface area contributed by atoms with E-state index < -0.39 is 0 Å². The van der Waals surface area contributed by atoms with E-state index in [1.165, 1.54) is 6.42 Å². The van der Waals surface area contributed by atoms with Crippen LogP contribution in [0.25, 0.3) is 0 Å². The molecule has 0 radical (unpaired) electrons. The lowest BCUT2D eigenvalue weighted by molar-refractivity contribution is 0.520. The third-order valence-corrected chi connectivity index (χ3v) is 3.70. The molecule has 1 saturated heterocycles. The number of rotatable bonds is 2. The lowest BCUT2D eigenvalue weighted by atomic mass is 10.0. The Hall–Kier alpha value is -0.830. The molecule has 0 amide bonds. The summed E-state index contributed by atoms with van der Waals surface area (Å²) in [5, 5.41) is 0. The average Bonchev–Trinajstić information content (AvgIpc) is 2.54. The molecule has 1 aliphatic rings. The van der Waals surface area contributed by atoms with Gasteiger partial charge in [-0.3, -0.25) is 0 Å². The smallest absolute Gasteiger partial charge is 0.170 e. The fourth-order valence-corrected chi connectivity index (χ4v) is 2.48. The zero-order valence-electron chi connectivity index (χ0n) is 10.1. The summed E-state index contributed by atoms with van der Waals surface area (Å²) in [5.41, 5.74) is 0.536. The summed E-state index contributed by atoms with van der Waals surface area (Å²) < 4.78 is 14.1. The lowest BCUT2D eigenvalue weighted by Gasteiger charge is -2.22. The molecule has 1 fully saturated rings. The quantitative estimate of drug-likeness (QED) is 0.752. The first-order valence-electron chi connectivity index (χ1n) is 6.16. The van der Waals surface area contributed by atoms with Gasteiger partial charge in [0.15, 0.2) is 11.6 Å². The zero-order valence-corrected chi connectivity index (χ0v) is 10.9. The van der Waals surface area contributed by atoms with Crippen LogP contribution in [0.15, 0.2) is 12.3 Å². The second-order valence-electron chi connectivity index (χ2n) is 4.76. The van der Waals surface area contributed by atoms with Gasteiger partial charge in [0.2, 0.25) is 0 Å². The number of halogens is 2. The highest BCUT2D eigenvalue weighted by molar-refractivity contribution is 6.17. The van der Waals surface area contributed by atoms with E-state index in [1.54, 1.807) is 12.3 Å². The Bertz CT molecular complexity index is 384. The predicted molar refractivity (Wildman–Crippen MR) is 69.0 cm³/mol. The van der Waals surface area contributed by atoms with Crippen LogP contribution in [0.2, 0.25) is 0 Å². The van der Waals surface area contributed by atoms with Gasteiger partial charge < -0.3 is 4.90 Å². The number of aromatic nitrogens is 1. The van der Waals surface area contributed by atoms with E-state index in [-0.39, 0.29) is 11.7 Å². The van der Waals surface area contributed by atoms with Crippen LogP contribution in [-0.2, 0) is 5.88 Å². The van der Waals surface area contributed by atoms with E-state index in [0.29, 0.717) is 11.4 Å². The van der Waals surface area contributed by atoms with Crippen molar-refractivity contribution in [2.24, 2.45) is 5.92 Å². The summed E-state index contributed by atoms with van der Waals surface area (Å²) in [6.45, 7) is 4.03. The number of pyridine rings is 1. The van der Waals surface area contributed by atoms with E-state index in [4.69, 9.17) is 11.6 Å². The fourth-order valence-electron chi connectivity index (χ4n) is 2.27. The molecule has 0 saturated carbocycles. The summed E-state index contributed by atoms with van der Waals surface area (Å²) in [7, 11) is 0. The molecule has 0 aliphatic carbocycles. The first-order valence-corrected chi connectivity index (χ1v) is 6.70. The van der Waals surface area contributed by atoms with Gasteiger partial charge in [0.25, 0.3) is 0 Å². The Morgan fingerprint density at radius 1 is 1.47 bits per heavy atom. The highest BCUT2D eigenvalue weighted by atomic mass is 35.5. The molecule has 1 aliphatic heterocycles. The number of nitrogens with zero attached hydrogens (tertiary/aromatic N) is 2. The molecule has 1 atom stereocenters. The first-order chi connectivity index (χ1) is 8.22. The highest BCUT2D eigenvalue weighted by Gasteiger charge is 2.19. The molecule has 2 heterocycles. The molecule has 4 heteroatoms. The van der Waals surface area contributed by atoms with Gasteiger partial charge >= 0.3 is 0 Å². The normalized spacial score (nSPS) is 21.4. The minimum absolute atomic E-state index is 0.200. The second kappa shape index (κ2) is 5.67. The van der Waals surface area contributed by atoms with Crippen LogP contribution < -0.4 is 4.90 Å². The van der Waals surface area contributed by atoms with Crippen molar-refractivity contribution in [2.75, 3.05) is 18.0 Å². The molecule has 1 aromatic rings. The van der Waals surface area contributed by atoms with Crippen molar-refractivity contribution >= 4 is 17.4 Å². The second-order valence-corrected chi connectivity index (χ2v) is 5.03. The maximum Gasteiger partial charge on any atom is 0.170 e. The van der Waals surface area contributed by atoms with Crippen molar-refractivity contribution in [1.82, 2.24) is 4.98 Å². The highest BCUT2D eigenvalue weighted by Crippen LogP contribution is 2.25. The lowest BCUT2D eigenvalue weighted by Crippen LogP contribution is -2.26. The molecule has 0 N–H and O–H groups in total. The van der Waals surface area contributed by atoms with Gasteiger partial charge in [0, 0.05) is 24.8 Å². The van der Waals surface area contributed by atoms with Crippen molar-refractivity contribution in [3.63, 3.8) is 0 Å². The van der Waals surface area contributed by atoms with E-state index >= 15 is 0 Å². The van der Waals surface area contributed by atoms with Gasteiger partial charge in [-0.25, -0.2) is 9.37 Å². The summed E-state index contributed by atoms with van der Waals surface area (Å²) >= 11 is 5.71. The van der Waals surface area contributed by atoms with Gasteiger partial charge in [-0.05, 0) is 31.2 Å². The van der Waals surface area contributed by atoms with Crippen LogP contribution in [-0.4, -0.2) is 18.1 Å². The Morgan fingerprint density at radius 2 is 2.29 bits per heavy atom. The van der Waals surface area contributed by atoms with Gasteiger partial charge in [-0.2, -0.15) is 0 Å². The number of hydrogen-bond donors (Lipinski definition) is 0. The minimum atomic E-state index is -0.253. The predicted octanol–water partition coefficient (Wildman–Crippen LogP) is 3.59. The van der Waals surface area contributed by atoms with E-state index in [1.807, 2.05) is 0 Å². The van der Waals surface area contributed by atoms with Crippen molar-refractivity contribution in [1.29, 1.82) is 0 Å². The average molecular weight is 257 g/mol. The SMILES string of the molecule is CC1CCCN(c2nccc(CCl)c2F)CC1. The van der Waals surface area contributed by atoms with E-state index in [0.717, 1.165) is 31.8 Å². The molecule has 2 nitrogen and oxygen atoms in total. The molecular formula is C13H18ClFN2. The van der Waals surface area contributed by atoms with Gasteiger partial charge in [0.05, 0.1) is 5.88 Å². The van der Waals surface area contributed by atoms with Crippen LogP contribution in [0.4, 0.5) is 10.2 Å². The molecule has 94 valence electrons. The van der Waals surface area contributed by atoms with E-state index in [9.17, 15) is 4.39 Å². The molecule has 0 spiro atoms. The molecule has 1 unspecified atom stereocenters. The molecule has 1 aromatic heterocycles. The number of alkyl halides is 1. The molecular weight excluding hydrogens is 239 g/mol. The third-order valence-electron chi connectivity index (χ3n) is 3.41. The largest absolute Gasteiger partial charge is 0.354 e. The summed E-state index contributed by atoms with van der Waals surface area (Å²) in [6.07, 6.45) is 5.07. The Balaban J connectivity index is 2.21. The van der Waals surface area contributed by atoms with Crippen LogP contribution in [0.5, 0.6) is 0 Å². The van der Waals surface area contributed by atoms with Crippen molar-refractivity contribution < 1.29 is 4.39 Å². The maximum atomic E-state index is 14.1. The van der Waals surface area contributed by atoms with Crippen LogP contribution in [0.3, 0.4) is 0 Å².